The summed E-state index contributed by atoms with van der Waals surface area (Å²) in [5.74, 6) is 0.882. The zero-order valence-electron chi connectivity index (χ0n) is 14.3. The highest BCUT2D eigenvalue weighted by molar-refractivity contribution is 5.77. The Morgan fingerprint density at radius 1 is 1.32 bits per heavy atom. The molecule has 0 radical (unpaired) electrons. The highest BCUT2D eigenvalue weighted by Gasteiger charge is 2.42. The number of piperidine rings is 2. The third-order valence-electron chi connectivity index (χ3n) is 4.91. The van der Waals surface area contributed by atoms with E-state index >= 15 is 0 Å². The van der Waals surface area contributed by atoms with Gasteiger partial charge in [-0.25, -0.2) is 4.79 Å². The molecule has 5 nitrogen and oxygen atoms in total. The first-order valence-corrected chi connectivity index (χ1v) is 8.65. The number of hydrogen-bond donors (Lipinski definition) is 0. The van der Waals surface area contributed by atoms with E-state index in [2.05, 4.69) is 13.8 Å². The molecule has 0 aliphatic carbocycles. The fourth-order valence-electron chi connectivity index (χ4n) is 3.63. The summed E-state index contributed by atoms with van der Waals surface area (Å²) in [7, 11) is 0. The van der Waals surface area contributed by atoms with Gasteiger partial charge in [-0.05, 0) is 38.5 Å². The lowest BCUT2D eigenvalue weighted by molar-refractivity contribution is -0.139. The maximum Gasteiger partial charge on any atom is 0.409 e. The fourth-order valence-corrected chi connectivity index (χ4v) is 3.63. The molecule has 126 valence electrons. The van der Waals surface area contributed by atoms with Crippen LogP contribution in [0.2, 0.25) is 0 Å². The van der Waals surface area contributed by atoms with Crippen LogP contribution < -0.4 is 0 Å². The predicted octanol–water partition coefficient (Wildman–Crippen LogP) is 2.89. The van der Waals surface area contributed by atoms with E-state index in [9.17, 15) is 9.59 Å². The molecule has 2 fully saturated rings. The number of carbonyl (C=O) groups is 2. The molecule has 2 aliphatic rings. The molecule has 2 amide bonds. The monoisotopic (exact) mass is 310 g/mol. The molecule has 1 atom stereocenters. The number of ether oxygens (including phenoxy) is 1. The van der Waals surface area contributed by atoms with Crippen LogP contribution in [0.25, 0.3) is 0 Å². The minimum absolute atomic E-state index is 0.0793. The second-order valence-corrected chi connectivity index (χ2v) is 7.22. The van der Waals surface area contributed by atoms with Gasteiger partial charge >= 0.3 is 6.09 Å². The van der Waals surface area contributed by atoms with Crippen molar-refractivity contribution in [2.75, 3.05) is 32.8 Å². The van der Waals surface area contributed by atoms with Crippen molar-refractivity contribution < 1.29 is 14.3 Å². The van der Waals surface area contributed by atoms with Crippen LogP contribution in [0.1, 0.15) is 52.9 Å². The summed E-state index contributed by atoms with van der Waals surface area (Å²) < 4.78 is 5.15. The summed E-state index contributed by atoms with van der Waals surface area (Å²) in [6.07, 6.45) is 4.48. The zero-order valence-corrected chi connectivity index (χ0v) is 14.3. The van der Waals surface area contributed by atoms with Crippen molar-refractivity contribution in [1.82, 2.24) is 9.80 Å². The van der Waals surface area contributed by atoms with Crippen molar-refractivity contribution in [2.45, 2.75) is 52.9 Å². The van der Waals surface area contributed by atoms with Crippen molar-refractivity contribution >= 4 is 12.0 Å². The molecular weight excluding hydrogens is 280 g/mol. The van der Waals surface area contributed by atoms with E-state index < -0.39 is 0 Å². The van der Waals surface area contributed by atoms with Crippen molar-refractivity contribution in [3.8, 4) is 0 Å². The van der Waals surface area contributed by atoms with Crippen molar-refractivity contribution in [3.05, 3.63) is 0 Å². The van der Waals surface area contributed by atoms with Gasteiger partial charge in [0.1, 0.15) is 0 Å². The number of likely N-dealkylation sites (tertiary alicyclic amines) is 2. The summed E-state index contributed by atoms with van der Waals surface area (Å²) in [6.45, 7) is 9.79. The first-order valence-electron chi connectivity index (χ1n) is 8.65. The zero-order chi connectivity index (χ0) is 16.2. The van der Waals surface area contributed by atoms with E-state index in [0.717, 1.165) is 51.9 Å². The van der Waals surface area contributed by atoms with Gasteiger partial charge < -0.3 is 14.5 Å². The van der Waals surface area contributed by atoms with E-state index in [1.54, 1.807) is 0 Å². The Hall–Kier alpha value is -1.26. The molecule has 2 aliphatic heterocycles. The van der Waals surface area contributed by atoms with Crippen LogP contribution in [0.4, 0.5) is 4.79 Å². The summed E-state index contributed by atoms with van der Waals surface area (Å²) in [5, 5.41) is 0. The highest BCUT2D eigenvalue weighted by atomic mass is 16.6. The van der Waals surface area contributed by atoms with Crippen LogP contribution in [-0.2, 0) is 9.53 Å². The summed E-state index contributed by atoms with van der Waals surface area (Å²) >= 11 is 0. The van der Waals surface area contributed by atoms with Gasteiger partial charge in [0, 0.05) is 38.0 Å². The highest BCUT2D eigenvalue weighted by Crippen LogP contribution is 2.39. The molecule has 22 heavy (non-hydrogen) atoms. The molecule has 2 rings (SSSR count). The summed E-state index contributed by atoms with van der Waals surface area (Å²) in [6, 6.07) is 0. The van der Waals surface area contributed by atoms with Gasteiger partial charge in [0.15, 0.2) is 0 Å². The molecule has 0 aromatic heterocycles. The quantitative estimate of drug-likeness (QED) is 0.802. The van der Waals surface area contributed by atoms with Gasteiger partial charge in [-0.1, -0.05) is 13.8 Å². The van der Waals surface area contributed by atoms with Crippen molar-refractivity contribution in [3.63, 3.8) is 0 Å². The maximum atomic E-state index is 12.2. The van der Waals surface area contributed by atoms with Gasteiger partial charge in [0.05, 0.1) is 6.61 Å². The Balaban J connectivity index is 1.99. The van der Waals surface area contributed by atoms with E-state index in [-0.39, 0.29) is 17.4 Å². The maximum absolute atomic E-state index is 12.2. The predicted molar refractivity (Wildman–Crippen MR) is 85.5 cm³/mol. The van der Waals surface area contributed by atoms with Crippen LogP contribution in [0.15, 0.2) is 0 Å². The van der Waals surface area contributed by atoms with E-state index in [4.69, 9.17) is 4.74 Å². The van der Waals surface area contributed by atoms with Gasteiger partial charge in [-0.15, -0.1) is 0 Å². The van der Waals surface area contributed by atoms with Crippen molar-refractivity contribution in [1.29, 1.82) is 0 Å². The van der Waals surface area contributed by atoms with Crippen LogP contribution in [0.3, 0.4) is 0 Å². The number of nitrogens with zero attached hydrogens (tertiary/aromatic N) is 2. The Morgan fingerprint density at radius 2 is 2.09 bits per heavy atom. The van der Waals surface area contributed by atoms with Gasteiger partial charge in [0.2, 0.25) is 5.91 Å². The SMILES string of the molecule is CCOC(=O)N1CCCC2(CCC(=O)N(CCC(C)C)C2)C1. The molecular formula is C17H30N2O3. The fraction of sp³-hybridized carbons (Fsp3) is 0.882. The van der Waals surface area contributed by atoms with E-state index in [1.165, 1.54) is 0 Å². The molecule has 2 saturated heterocycles. The number of rotatable bonds is 4. The van der Waals surface area contributed by atoms with Gasteiger partial charge in [-0.2, -0.15) is 0 Å². The van der Waals surface area contributed by atoms with E-state index in [0.29, 0.717) is 18.9 Å². The second-order valence-electron chi connectivity index (χ2n) is 7.22. The van der Waals surface area contributed by atoms with Crippen LogP contribution in [0, 0.1) is 11.3 Å². The normalized spacial score (nSPS) is 25.9. The molecule has 0 bridgehead atoms. The third kappa shape index (κ3) is 4.14. The Kier molecular flexibility index (Phi) is 5.70. The molecule has 0 aromatic rings. The molecule has 0 aromatic carbocycles. The summed E-state index contributed by atoms with van der Waals surface area (Å²) in [4.78, 5) is 28.0. The third-order valence-corrected chi connectivity index (χ3v) is 4.91. The molecule has 1 unspecified atom stereocenters. The van der Waals surface area contributed by atoms with Gasteiger partial charge in [0.25, 0.3) is 0 Å². The first-order chi connectivity index (χ1) is 10.5. The average Bonchev–Trinajstić information content (AvgIpc) is 2.49. The molecule has 0 saturated carbocycles. The standard InChI is InChI=1S/C17H30N2O3/c1-4-22-16(21)19-10-5-8-17(13-19)9-6-15(20)18(12-17)11-7-14(2)3/h14H,4-13H2,1-3H3. The first kappa shape index (κ1) is 17.1. The second kappa shape index (κ2) is 7.34. The molecule has 2 heterocycles. The lowest BCUT2D eigenvalue weighted by Crippen LogP contribution is -2.55. The van der Waals surface area contributed by atoms with E-state index in [1.807, 2.05) is 16.7 Å². The Bertz CT molecular complexity index is 411. The average molecular weight is 310 g/mol. The number of amides is 2. The number of hydrogen-bond acceptors (Lipinski definition) is 3. The lowest BCUT2D eigenvalue weighted by atomic mass is 9.73. The van der Waals surface area contributed by atoms with Crippen LogP contribution >= 0.6 is 0 Å². The van der Waals surface area contributed by atoms with Crippen molar-refractivity contribution in [2.24, 2.45) is 11.3 Å². The van der Waals surface area contributed by atoms with Gasteiger partial charge in [-0.3, -0.25) is 4.79 Å². The minimum Gasteiger partial charge on any atom is -0.450 e. The van der Waals surface area contributed by atoms with Crippen LogP contribution in [0.5, 0.6) is 0 Å². The number of carbonyl (C=O) groups excluding carboxylic acids is 2. The Labute approximate surface area is 134 Å². The largest absolute Gasteiger partial charge is 0.450 e. The summed E-state index contributed by atoms with van der Waals surface area (Å²) in [5.41, 5.74) is 0.0793. The molecule has 5 heteroatoms. The lowest BCUT2D eigenvalue weighted by Gasteiger charge is -2.48. The Morgan fingerprint density at radius 3 is 2.77 bits per heavy atom. The topological polar surface area (TPSA) is 49.9 Å². The molecule has 0 N–H and O–H groups in total. The molecule has 1 spiro atoms. The smallest absolute Gasteiger partial charge is 0.409 e. The minimum atomic E-state index is -0.202. The van der Waals surface area contributed by atoms with Crippen LogP contribution in [-0.4, -0.2) is 54.6 Å².